The molecule has 0 aliphatic rings. The molecule has 14 heavy (non-hydrogen) atoms. The molecule has 0 aromatic rings. The Balaban J connectivity index is 3.07. The lowest BCUT2D eigenvalue weighted by Crippen LogP contribution is -2.19. The molecular weight excluding hydrogens is 235 g/mol. The maximum atomic E-state index is 5.76. The van der Waals surface area contributed by atoms with E-state index < -0.39 is 7.42 Å². The summed E-state index contributed by atoms with van der Waals surface area (Å²) in [6, 6.07) is 1.04. The van der Waals surface area contributed by atoms with E-state index in [0.29, 0.717) is 0 Å². The van der Waals surface area contributed by atoms with E-state index >= 15 is 0 Å². The van der Waals surface area contributed by atoms with E-state index in [-0.39, 0.29) is 5.60 Å². The molecule has 0 amide bonds. The molecule has 0 heterocycles. The Labute approximate surface area is 99.1 Å². The van der Waals surface area contributed by atoms with Gasteiger partial charge in [-0.1, -0.05) is 19.3 Å². The standard InChI is InChI=1S/C10H22Cl2OSi/c1-10(2,3)13-8-6-4-5-7-9-14(11)12/h14H,4-9H2,1-3H3. The summed E-state index contributed by atoms with van der Waals surface area (Å²) in [5, 5.41) is 0. The second kappa shape index (κ2) is 7.97. The van der Waals surface area contributed by atoms with Crippen LogP contribution < -0.4 is 0 Å². The van der Waals surface area contributed by atoms with E-state index in [2.05, 4.69) is 20.8 Å². The van der Waals surface area contributed by atoms with Crippen LogP contribution in [-0.4, -0.2) is 19.6 Å². The van der Waals surface area contributed by atoms with Gasteiger partial charge in [-0.15, -0.1) is 0 Å². The monoisotopic (exact) mass is 256 g/mol. The highest BCUT2D eigenvalue weighted by Gasteiger charge is 2.08. The average Bonchev–Trinajstić information content (AvgIpc) is 2.00. The minimum absolute atomic E-state index is 0.00425. The van der Waals surface area contributed by atoms with Gasteiger partial charge < -0.3 is 4.74 Å². The van der Waals surface area contributed by atoms with E-state index in [4.69, 9.17) is 26.9 Å². The first-order chi connectivity index (χ1) is 6.42. The third-order valence-corrected chi connectivity index (χ3v) is 4.01. The Morgan fingerprint density at radius 1 is 1.00 bits per heavy atom. The van der Waals surface area contributed by atoms with E-state index in [9.17, 15) is 0 Å². The zero-order valence-electron chi connectivity index (χ0n) is 9.48. The molecule has 0 saturated heterocycles. The Bertz CT molecular complexity index is 135. The Kier molecular flexibility index (Phi) is 8.40. The zero-order chi connectivity index (χ0) is 11.0. The molecule has 0 radical (unpaired) electrons. The van der Waals surface area contributed by atoms with Gasteiger partial charge in [0.25, 0.3) is 0 Å². The van der Waals surface area contributed by atoms with Crippen molar-refractivity contribution < 1.29 is 4.74 Å². The molecule has 86 valence electrons. The lowest BCUT2D eigenvalue weighted by molar-refractivity contribution is -0.00471. The summed E-state index contributed by atoms with van der Waals surface area (Å²) in [6.07, 6.45) is 4.79. The van der Waals surface area contributed by atoms with Gasteiger partial charge in [-0.25, -0.2) is 0 Å². The third-order valence-electron chi connectivity index (χ3n) is 1.85. The van der Waals surface area contributed by atoms with Crippen LogP contribution >= 0.6 is 22.2 Å². The summed E-state index contributed by atoms with van der Waals surface area (Å²) in [6.45, 7) is 7.13. The van der Waals surface area contributed by atoms with E-state index in [1.807, 2.05) is 0 Å². The van der Waals surface area contributed by atoms with Crippen LogP contribution in [-0.2, 0) is 4.74 Å². The molecule has 1 nitrogen and oxygen atoms in total. The molecule has 0 aliphatic carbocycles. The molecule has 0 aliphatic heterocycles. The number of rotatable bonds is 7. The van der Waals surface area contributed by atoms with Gasteiger partial charge in [0.05, 0.1) is 5.60 Å². The van der Waals surface area contributed by atoms with Gasteiger partial charge in [-0.3, -0.25) is 0 Å². The number of hydrogen-bond acceptors (Lipinski definition) is 1. The van der Waals surface area contributed by atoms with Gasteiger partial charge in [0, 0.05) is 6.61 Å². The van der Waals surface area contributed by atoms with E-state index in [1.54, 1.807) is 0 Å². The number of unbranched alkanes of at least 4 members (excludes halogenated alkanes) is 3. The smallest absolute Gasteiger partial charge is 0.237 e. The molecule has 0 aromatic heterocycles. The normalized spacial score (nSPS) is 12.4. The number of hydrogen-bond donors (Lipinski definition) is 0. The molecule has 0 bridgehead atoms. The molecule has 0 atom stereocenters. The summed E-state index contributed by atoms with van der Waals surface area (Å²) < 4.78 is 5.61. The second-order valence-electron chi connectivity index (χ2n) is 4.55. The summed E-state index contributed by atoms with van der Waals surface area (Å²) in [4.78, 5) is 0. The maximum Gasteiger partial charge on any atom is 0.237 e. The van der Waals surface area contributed by atoms with Crippen molar-refractivity contribution in [2.75, 3.05) is 6.61 Å². The Morgan fingerprint density at radius 2 is 1.57 bits per heavy atom. The van der Waals surface area contributed by atoms with Crippen LogP contribution in [0.4, 0.5) is 0 Å². The van der Waals surface area contributed by atoms with Crippen LogP contribution in [0.5, 0.6) is 0 Å². The molecule has 4 heteroatoms. The topological polar surface area (TPSA) is 9.23 Å². The van der Waals surface area contributed by atoms with Crippen LogP contribution in [0.1, 0.15) is 46.5 Å². The minimum atomic E-state index is -1.34. The fraction of sp³-hybridized carbons (Fsp3) is 1.00. The zero-order valence-corrected chi connectivity index (χ0v) is 12.2. The van der Waals surface area contributed by atoms with Gasteiger partial charge in [0.1, 0.15) is 0 Å². The largest absolute Gasteiger partial charge is 0.376 e. The summed E-state index contributed by atoms with van der Waals surface area (Å²) in [7, 11) is -1.34. The number of ether oxygens (including phenoxy) is 1. The van der Waals surface area contributed by atoms with Gasteiger partial charge in [0.15, 0.2) is 0 Å². The summed E-state index contributed by atoms with van der Waals surface area (Å²) in [5.74, 6) is 0. The first kappa shape index (κ1) is 14.8. The Hall–Kier alpha value is 0.757. The van der Waals surface area contributed by atoms with Crippen LogP contribution in [0, 0.1) is 0 Å². The van der Waals surface area contributed by atoms with Crippen molar-refractivity contribution in [1.29, 1.82) is 0 Å². The molecule has 0 fully saturated rings. The highest BCUT2D eigenvalue weighted by molar-refractivity contribution is 7.33. The van der Waals surface area contributed by atoms with Gasteiger partial charge >= 0.3 is 0 Å². The van der Waals surface area contributed by atoms with Crippen molar-refractivity contribution in [2.24, 2.45) is 0 Å². The van der Waals surface area contributed by atoms with Gasteiger partial charge in [-0.05, 0) is 33.2 Å². The van der Waals surface area contributed by atoms with E-state index in [1.165, 1.54) is 19.3 Å². The second-order valence-corrected chi connectivity index (χ2v) is 9.75. The van der Waals surface area contributed by atoms with Crippen molar-refractivity contribution in [2.45, 2.75) is 58.1 Å². The highest BCUT2D eigenvalue weighted by Crippen LogP contribution is 2.12. The van der Waals surface area contributed by atoms with Crippen molar-refractivity contribution >= 4 is 29.6 Å². The minimum Gasteiger partial charge on any atom is -0.376 e. The van der Waals surface area contributed by atoms with Crippen LogP contribution in [0.15, 0.2) is 0 Å². The molecule has 0 aromatic carbocycles. The Morgan fingerprint density at radius 3 is 2.07 bits per heavy atom. The summed E-state index contributed by atoms with van der Waals surface area (Å²) in [5.41, 5.74) is 0.00425. The van der Waals surface area contributed by atoms with Crippen molar-refractivity contribution in [3.8, 4) is 0 Å². The van der Waals surface area contributed by atoms with Crippen LogP contribution in [0.2, 0.25) is 6.04 Å². The fourth-order valence-corrected chi connectivity index (χ4v) is 2.66. The van der Waals surface area contributed by atoms with Crippen molar-refractivity contribution in [3.63, 3.8) is 0 Å². The molecule has 0 spiro atoms. The first-order valence-corrected chi connectivity index (χ1v) is 9.65. The predicted octanol–water partition coefficient (Wildman–Crippen LogP) is 4.06. The molecule has 0 N–H and O–H groups in total. The van der Waals surface area contributed by atoms with E-state index in [0.717, 1.165) is 19.1 Å². The third kappa shape index (κ3) is 12.8. The fourth-order valence-electron chi connectivity index (χ4n) is 1.13. The molecule has 0 rings (SSSR count). The predicted molar refractivity (Wildman–Crippen MR) is 67.8 cm³/mol. The van der Waals surface area contributed by atoms with Gasteiger partial charge in [0.2, 0.25) is 7.42 Å². The van der Waals surface area contributed by atoms with Crippen LogP contribution in [0.25, 0.3) is 0 Å². The molecule has 0 unspecified atom stereocenters. The molecule has 0 saturated carbocycles. The quantitative estimate of drug-likeness (QED) is 0.379. The lowest BCUT2D eigenvalue weighted by Gasteiger charge is -2.19. The highest BCUT2D eigenvalue weighted by atomic mass is 35.7. The number of halogens is 2. The van der Waals surface area contributed by atoms with Gasteiger partial charge in [-0.2, -0.15) is 22.2 Å². The SMILES string of the molecule is CC(C)(C)OCCCCCC[SiH](Cl)Cl. The maximum absolute atomic E-state index is 5.76. The molecular formula is C10H22Cl2OSi. The summed E-state index contributed by atoms with van der Waals surface area (Å²) >= 11 is 11.5. The lowest BCUT2D eigenvalue weighted by atomic mass is 10.2. The van der Waals surface area contributed by atoms with Crippen molar-refractivity contribution in [3.05, 3.63) is 0 Å². The van der Waals surface area contributed by atoms with Crippen LogP contribution in [0.3, 0.4) is 0 Å². The van der Waals surface area contributed by atoms with Crippen molar-refractivity contribution in [1.82, 2.24) is 0 Å². The first-order valence-electron chi connectivity index (χ1n) is 5.34. The average molecular weight is 257 g/mol.